The first-order valence-electron chi connectivity index (χ1n) is 15.8. The molecule has 10 heteroatoms. The smallest absolute Gasteiger partial charge is 0.264 e. The molecule has 43 heavy (non-hydrogen) atoms. The Morgan fingerprint density at radius 1 is 1.07 bits per heavy atom. The molecule has 3 aliphatic heterocycles. The average Bonchev–Trinajstić information content (AvgIpc) is 3.60. The molecular formula is C33H34N6O4. The molecule has 4 heterocycles. The van der Waals surface area contributed by atoms with Crippen molar-refractivity contribution >= 4 is 29.3 Å². The second kappa shape index (κ2) is 7.57. The van der Waals surface area contributed by atoms with Crippen molar-refractivity contribution in [1.82, 2.24) is 24.9 Å². The molecule has 10 nitrogen and oxygen atoms in total. The van der Waals surface area contributed by atoms with E-state index in [0.717, 1.165) is 77.8 Å². The number of hydrogen-bond acceptors (Lipinski definition) is 6. The Kier molecular flexibility index (Phi) is 4.31. The van der Waals surface area contributed by atoms with E-state index in [1.165, 1.54) is 0 Å². The summed E-state index contributed by atoms with van der Waals surface area (Å²) in [5.74, 6) is 5.22. The quantitative estimate of drug-likeness (QED) is 0.509. The number of amides is 4. The summed E-state index contributed by atoms with van der Waals surface area (Å²) in [5.41, 5.74) is 2.65. The number of carbonyl (C=O) groups excluding carboxylic acids is 4. The van der Waals surface area contributed by atoms with Gasteiger partial charge in [0.1, 0.15) is 6.04 Å². The summed E-state index contributed by atoms with van der Waals surface area (Å²) >= 11 is 0. The van der Waals surface area contributed by atoms with E-state index in [9.17, 15) is 19.2 Å². The summed E-state index contributed by atoms with van der Waals surface area (Å²) < 4.78 is 2.04. The lowest BCUT2D eigenvalue weighted by atomic mass is 8.96. The number of rotatable bonds is 6. The Labute approximate surface area is 248 Å². The molecule has 2 aromatic rings. The Hall–Kier alpha value is -3.95. The van der Waals surface area contributed by atoms with E-state index in [1.807, 2.05) is 17.1 Å². The summed E-state index contributed by atoms with van der Waals surface area (Å²) in [5, 5.41) is 10.7. The highest BCUT2D eigenvalue weighted by atomic mass is 16.2. The van der Waals surface area contributed by atoms with Crippen molar-refractivity contribution in [2.75, 3.05) is 18.4 Å². The van der Waals surface area contributed by atoms with Crippen LogP contribution in [0.25, 0.3) is 0 Å². The predicted molar refractivity (Wildman–Crippen MR) is 153 cm³/mol. The number of nitrogens with zero attached hydrogens (tertiary/aromatic N) is 4. The molecule has 2 saturated heterocycles. The van der Waals surface area contributed by atoms with Gasteiger partial charge in [-0.05, 0) is 86.2 Å². The van der Waals surface area contributed by atoms with E-state index in [-0.39, 0.29) is 16.9 Å². The number of nitrogens with one attached hydrogen (secondary N) is 2. The van der Waals surface area contributed by atoms with E-state index < -0.39 is 17.9 Å². The molecule has 11 rings (SSSR count). The van der Waals surface area contributed by atoms with Crippen molar-refractivity contribution in [2.24, 2.45) is 46.8 Å². The molecule has 1 atom stereocenters. The summed E-state index contributed by atoms with van der Waals surface area (Å²) in [6.45, 7) is 8.02. The molecule has 9 aliphatic rings. The normalized spacial score (nSPS) is 39.9. The number of anilines is 1. The van der Waals surface area contributed by atoms with Crippen LogP contribution in [0, 0.1) is 46.8 Å². The van der Waals surface area contributed by atoms with Gasteiger partial charge in [-0.2, -0.15) is 5.10 Å². The molecule has 4 amide bonds. The van der Waals surface area contributed by atoms with Crippen LogP contribution in [0.15, 0.2) is 42.9 Å². The van der Waals surface area contributed by atoms with Gasteiger partial charge in [-0.15, -0.1) is 0 Å². The second-order valence-corrected chi connectivity index (χ2v) is 14.6. The van der Waals surface area contributed by atoms with E-state index in [1.54, 1.807) is 18.2 Å². The maximum Gasteiger partial charge on any atom is 0.264 e. The lowest BCUT2D eigenvalue weighted by Crippen LogP contribution is -3.07. The summed E-state index contributed by atoms with van der Waals surface area (Å²) in [6.07, 6.45) is 6.53. The minimum Gasteiger partial charge on any atom is -0.380 e. The molecule has 2 N–H and O–H groups in total. The number of likely N-dealkylation sites (tertiary alicyclic amines) is 1. The standard InChI is InChI=1S/C33H34N6O4/c1-15-6-7-19(28(40)36-15)39-29(41)17-4-3-5-18(20(17)30(39)42)34-12-16-13-35-38(14-16)32(2)8-10-37(11-9-32)31(43)33-25-22-21-23(25)27(33)24(21)26(22)33/h3-5,13-14,19,21-27,34H,1,6-12H2,2H3,(H,36,40). The maximum atomic E-state index is 13.6. The van der Waals surface area contributed by atoms with E-state index in [0.29, 0.717) is 47.8 Å². The van der Waals surface area contributed by atoms with Crippen molar-refractivity contribution in [2.45, 2.75) is 50.7 Å². The van der Waals surface area contributed by atoms with Gasteiger partial charge in [-0.1, -0.05) is 12.6 Å². The third-order valence-electron chi connectivity index (χ3n) is 13.2. The zero-order valence-electron chi connectivity index (χ0n) is 24.1. The summed E-state index contributed by atoms with van der Waals surface area (Å²) in [7, 11) is 0. The van der Waals surface area contributed by atoms with Gasteiger partial charge in [-0.3, -0.25) is 28.8 Å². The van der Waals surface area contributed by atoms with Gasteiger partial charge in [0.05, 0.1) is 28.3 Å². The molecular weight excluding hydrogens is 544 g/mol. The summed E-state index contributed by atoms with van der Waals surface area (Å²) in [4.78, 5) is 56.1. The van der Waals surface area contributed by atoms with Gasteiger partial charge >= 0.3 is 0 Å². The zero-order chi connectivity index (χ0) is 29.2. The predicted octanol–water partition coefficient (Wildman–Crippen LogP) is 2.59. The van der Waals surface area contributed by atoms with Crippen LogP contribution in [-0.4, -0.2) is 62.3 Å². The number of piperidine rings is 2. The van der Waals surface area contributed by atoms with Gasteiger partial charge in [0, 0.05) is 42.8 Å². The fourth-order valence-electron chi connectivity index (χ4n) is 11.2. The van der Waals surface area contributed by atoms with Crippen LogP contribution in [0.2, 0.25) is 0 Å². The molecule has 6 aliphatic carbocycles. The SMILES string of the molecule is C=C1CCC(N2C(=O)c3cccc(NCc4cnn(C5(C)CCN(C(=O)C67C8C9C%10C8C6C%10C97)CC5)c4)c3C2=O)C(=O)N1. The van der Waals surface area contributed by atoms with E-state index in [4.69, 9.17) is 5.10 Å². The van der Waals surface area contributed by atoms with Crippen molar-refractivity contribution < 1.29 is 19.2 Å². The van der Waals surface area contributed by atoms with Gasteiger partial charge in [0.2, 0.25) is 11.8 Å². The van der Waals surface area contributed by atoms with Crippen molar-refractivity contribution in [3.8, 4) is 0 Å². The van der Waals surface area contributed by atoms with Crippen LogP contribution in [0.3, 0.4) is 0 Å². The number of hydrogen-bond donors (Lipinski definition) is 2. The first kappa shape index (κ1) is 24.5. The average molecular weight is 579 g/mol. The lowest BCUT2D eigenvalue weighted by Gasteiger charge is -3.06. The topological polar surface area (TPSA) is 117 Å². The van der Waals surface area contributed by atoms with Crippen molar-refractivity contribution in [3.05, 3.63) is 59.6 Å². The Bertz CT molecular complexity index is 1670. The zero-order valence-corrected chi connectivity index (χ0v) is 24.1. The number of allylic oxidation sites excluding steroid dienone is 1. The van der Waals surface area contributed by atoms with E-state index >= 15 is 0 Å². The second-order valence-electron chi connectivity index (χ2n) is 14.6. The highest BCUT2D eigenvalue weighted by molar-refractivity contribution is 6.25. The first-order valence-corrected chi connectivity index (χ1v) is 15.8. The Morgan fingerprint density at radius 3 is 2.49 bits per heavy atom. The largest absolute Gasteiger partial charge is 0.380 e. The van der Waals surface area contributed by atoms with Crippen molar-refractivity contribution in [1.29, 1.82) is 0 Å². The number of aromatic nitrogens is 2. The van der Waals surface area contributed by atoms with Gasteiger partial charge < -0.3 is 15.5 Å². The molecule has 0 spiro atoms. The minimum atomic E-state index is -0.840. The highest BCUT2D eigenvalue weighted by Gasteiger charge is 3.06. The monoisotopic (exact) mass is 578 g/mol. The van der Waals surface area contributed by atoms with Crippen LogP contribution in [0.4, 0.5) is 5.69 Å². The van der Waals surface area contributed by atoms with Crippen LogP contribution in [0.1, 0.15) is 58.9 Å². The van der Waals surface area contributed by atoms with Gasteiger partial charge in [0.15, 0.2) is 0 Å². The Morgan fingerprint density at radius 2 is 1.79 bits per heavy atom. The first-order chi connectivity index (χ1) is 20.8. The molecule has 220 valence electrons. The fraction of sp³-hybridized carbons (Fsp3) is 0.545. The number of carbonyl (C=O) groups is 4. The van der Waals surface area contributed by atoms with Crippen LogP contribution in [0.5, 0.6) is 0 Å². The minimum absolute atomic E-state index is 0.0750. The third kappa shape index (κ3) is 2.56. The van der Waals surface area contributed by atoms with Crippen molar-refractivity contribution in [3.63, 3.8) is 0 Å². The van der Waals surface area contributed by atoms with Crippen LogP contribution in [-0.2, 0) is 21.7 Å². The molecule has 1 aromatic carbocycles. The van der Waals surface area contributed by atoms with Gasteiger partial charge in [0.25, 0.3) is 11.8 Å². The third-order valence-corrected chi connectivity index (χ3v) is 13.2. The number of fused-ring (bicyclic) bond motifs is 1. The molecule has 1 unspecified atom stereocenters. The molecule has 8 fully saturated rings. The number of imide groups is 1. The molecule has 0 bridgehead atoms. The number of benzene rings is 1. The van der Waals surface area contributed by atoms with Gasteiger partial charge in [-0.25, -0.2) is 0 Å². The molecule has 1 aromatic heterocycles. The molecule has 0 radical (unpaired) electrons. The maximum absolute atomic E-state index is 13.6. The van der Waals surface area contributed by atoms with E-state index in [2.05, 4.69) is 29.0 Å². The fourth-order valence-corrected chi connectivity index (χ4v) is 11.2. The highest BCUT2D eigenvalue weighted by Crippen LogP contribution is 3.06. The molecule has 6 saturated carbocycles. The lowest BCUT2D eigenvalue weighted by molar-refractivity contribution is -0.597. The summed E-state index contributed by atoms with van der Waals surface area (Å²) in [6, 6.07) is 4.34. The Balaban J connectivity index is 0.806. The van der Waals surface area contributed by atoms with Crippen LogP contribution >= 0.6 is 0 Å². The van der Waals surface area contributed by atoms with Crippen LogP contribution < -0.4 is 10.6 Å².